The predicted octanol–water partition coefficient (Wildman–Crippen LogP) is 5.76. The molecular weight excluding hydrogens is 442 g/mol. The number of ketones is 1. The number of nitrogens with one attached hydrogen (secondary N) is 1. The number of fused-ring (bicyclic) bond motifs is 2. The van der Waals surface area contributed by atoms with Crippen LogP contribution in [0.1, 0.15) is 72.6 Å². The number of H-pyrrole nitrogens is 1. The fraction of sp³-hybridized carbons (Fsp3) is 0.519. The van der Waals surface area contributed by atoms with Crippen molar-refractivity contribution in [2.45, 2.75) is 66.2 Å². The molecule has 178 valence electrons. The topological polar surface area (TPSA) is 66.3 Å². The number of nitrogens with zero attached hydrogens (tertiary/aromatic N) is 4. The number of carbonyl (C=O) groups excluding carboxylic acids is 1. The Balaban J connectivity index is 1.43. The highest BCUT2D eigenvalue weighted by Gasteiger charge is 2.55. The van der Waals surface area contributed by atoms with Gasteiger partial charge in [-0.1, -0.05) is 13.8 Å². The third kappa shape index (κ3) is 2.99. The number of Topliss-reactive ketones (excluding diaryl/α,β-unsaturated/α-hetero) is 1. The number of aromatic nitrogens is 4. The molecule has 4 aromatic rings. The van der Waals surface area contributed by atoms with Crippen LogP contribution in [0.25, 0.3) is 27.1 Å². The van der Waals surface area contributed by atoms with E-state index in [4.69, 9.17) is 0 Å². The van der Waals surface area contributed by atoms with Gasteiger partial charge >= 0.3 is 0 Å². The van der Waals surface area contributed by atoms with E-state index in [9.17, 15) is 4.79 Å². The molecule has 0 bridgehead atoms. The van der Waals surface area contributed by atoms with Crippen LogP contribution in [0.2, 0.25) is 0 Å². The molecule has 7 heteroatoms. The summed E-state index contributed by atoms with van der Waals surface area (Å²) in [6.45, 7) is 15.7. The van der Waals surface area contributed by atoms with E-state index in [1.54, 1.807) is 18.1 Å². The Morgan fingerprint density at radius 3 is 2.65 bits per heavy atom. The number of hydrogen-bond donors (Lipinski definition) is 1. The molecule has 1 saturated carbocycles. The monoisotopic (exact) mass is 475 g/mol. The minimum atomic E-state index is 0.273. The number of hydrogen-bond acceptors (Lipinski definition) is 5. The number of carbonyl (C=O) groups is 1. The Hall–Kier alpha value is -2.51. The molecule has 0 radical (unpaired) electrons. The lowest BCUT2D eigenvalue weighted by atomic mass is 9.55. The highest BCUT2D eigenvalue weighted by Crippen LogP contribution is 2.61. The molecule has 4 aromatic heterocycles. The minimum absolute atomic E-state index is 0.273. The van der Waals surface area contributed by atoms with Crippen LogP contribution < -0.4 is 0 Å². The standard InChI is InChI=1S/C27H33N5OS/c1-14(2)21-22-18(6)24(20-7-8-27(20)11-31(12-27)9-15(3)33)34-26(22)30-23(21)19-10-32-25(28-13-29-32)17(5)16(19)4/h10,13-14,20,30H,7-9,11-12H2,1-6H3/t20-/m0/s1. The van der Waals surface area contributed by atoms with Crippen LogP contribution in [0.3, 0.4) is 0 Å². The van der Waals surface area contributed by atoms with E-state index in [2.05, 4.69) is 60.8 Å². The predicted molar refractivity (Wildman–Crippen MR) is 138 cm³/mol. The summed E-state index contributed by atoms with van der Waals surface area (Å²) in [5.41, 5.74) is 9.05. The first kappa shape index (κ1) is 22.0. The molecule has 6 rings (SSSR count). The molecule has 0 amide bonds. The van der Waals surface area contributed by atoms with E-state index in [1.807, 2.05) is 15.9 Å². The van der Waals surface area contributed by atoms with E-state index >= 15 is 0 Å². The number of thiophene rings is 1. The first-order valence-electron chi connectivity index (χ1n) is 12.4. The van der Waals surface area contributed by atoms with Crippen LogP contribution in [-0.2, 0) is 4.79 Å². The van der Waals surface area contributed by atoms with Gasteiger partial charge in [-0.3, -0.25) is 9.69 Å². The smallest absolute Gasteiger partial charge is 0.158 e. The van der Waals surface area contributed by atoms with E-state index < -0.39 is 0 Å². The second-order valence-corrected chi connectivity index (χ2v) is 12.0. The minimum Gasteiger partial charge on any atom is -0.346 e. The Morgan fingerprint density at radius 1 is 1.24 bits per heavy atom. The summed E-state index contributed by atoms with van der Waals surface area (Å²) in [6.07, 6.45) is 6.31. The number of likely N-dealkylation sites (tertiary alicyclic amines) is 1. The van der Waals surface area contributed by atoms with Gasteiger partial charge in [0, 0.05) is 46.4 Å². The first-order valence-corrected chi connectivity index (χ1v) is 13.2. The maximum Gasteiger partial charge on any atom is 0.158 e. The van der Waals surface area contributed by atoms with E-state index in [-0.39, 0.29) is 5.78 Å². The van der Waals surface area contributed by atoms with Crippen molar-refractivity contribution in [3.8, 4) is 11.3 Å². The lowest BCUT2D eigenvalue weighted by Crippen LogP contribution is -2.63. The summed E-state index contributed by atoms with van der Waals surface area (Å²) in [4.78, 5) is 25.0. The number of aryl methyl sites for hydroxylation is 2. The van der Waals surface area contributed by atoms with Gasteiger partial charge in [0.05, 0.1) is 12.2 Å². The molecule has 0 unspecified atom stereocenters. The molecule has 5 heterocycles. The Labute approximate surface area is 204 Å². The van der Waals surface area contributed by atoms with Crippen LogP contribution in [-0.4, -0.2) is 49.9 Å². The van der Waals surface area contributed by atoms with Gasteiger partial charge in [0.15, 0.2) is 5.65 Å². The maximum atomic E-state index is 11.6. The van der Waals surface area contributed by atoms with Crippen molar-refractivity contribution in [2.75, 3.05) is 19.6 Å². The average molecular weight is 476 g/mol. The largest absolute Gasteiger partial charge is 0.346 e. The average Bonchev–Trinajstić information content (AvgIpc) is 3.41. The second-order valence-electron chi connectivity index (χ2n) is 11.0. The third-order valence-electron chi connectivity index (χ3n) is 8.44. The Bertz CT molecular complexity index is 1450. The van der Waals surface area contributed by atoms with Gasteiger partial charge in [-0.15, -0.1) is 11.3 Å². The molecule has 2 aliphatic rings. The first-order chi connectivity index (χ1) is 16.2. The van der Waals surface area contributed by atoms with Gasteiger partial charge in [0.1, 0.15) is 16.9 Å². The van der Waals surface area contributed by atoms with Crippen LogP contribution in [0.4, 0.5) is 0 Å². The van der Waals surface area contributed by atoms with E-state index in [1.165, 1.54) is 56.6 Å². The van der Waals surface area contributed by atoms with Gasteiger partial charge in [0.25, 0.3) is 0 Å². The van der Waals surface area contributed by atoms with Crippen LogP contribution in [0, 0.1) is 26.2 Å². The summed E-state index contributed by atoms with van der Waals surface area (Å²) in [5, 5.41) is 5.84. The summed E-state index contributed by atoms with van der Waals surface area (Å²) < 4.78 is 1.90. The van der Waals surface area contributed by atoms with Crippen molar-refractivity contribution in [1.29, 1.82) is 0 Å². The highest BCUT2D eigenvalue weighted by molar-refractivity contribution is 7.19. The summed E-state index contributed by atoms with van der Waals surface area (Å²) in [6, 6.07) is 0. The van der Waals surface area contributed by atoms with Crippen molar-refractivity contribution in [1.82, 2.24) is 24.5 Å². The van der Waals surface area contributed by atoms with Crippen molar-refractivity contribution in [3.05, 3.63) is 39.7 Å². The molecule has 34 heavy (non-hydrogen) atoms. The third-order valence-corrected chi connectivity index (χ3v) is 9.76. The van der Waals surface area contributed by atoms with Gasteiger partial charge in [-0.2, -0.15) is 5.10 Å². The van der Waals surface area contributed by atoms with Crippen molar-refractivity contribution in [3.63, 3.8) is 0 Å². The SMILES string of the molecule is CC(=O)CN1CC2(CC[C@H]2c2sc3[nH]c(-c4cn5ncnc5c(C)c4C)c(C(C)C)c3c2C)C1. The maximum absolute atomic E-state index is 11.6. The lowest BCUT2D eigenvalue weighted by Gasteiger charge is -2.60. The zero-order chi connectivity index (χ0) is 23.9. The van der Waals surface area contributed by atoms with E-state index in [0.29, 0.717) is 23.8 Å². The summed E-state index contributed by atoms with van der Waals surface area (Å²) in [7, 11) is 0. The summed E-state index contributed by atoms with van der Waals surface area (Å²) >= 11 is 1.96. The van der Waals surface area contributed by atoms with Crippen molar-refractivity contribution in [2.24, 2.45) is 5.41 Å². The van der Waals surface area contributed by atoms with Crippen LogP contribution in [0.15, 0.2) is 12.5 Å². The van der Waals surface area contributed by atoms with Crippen molar-refractivity contribution < 1.29 is 4.79 Å². The molecule has 1 aliphatic heterocycles. The zero-order valence-electron chi connectivity index (χ0n) is 21.0. The molecule has 1 atom stereocenters. The van der Waals surface area contributed by atoms with Crippen LogP contribution in [0.5, 0.6) is 0 Å². The van der Waals surface area contributed by atoms with Crippen molar-refractivity contribution >= 4 is 33.0 Å². The normalized spacial score (nSPS) is 19.9. The van der Waals surface area contributed by atoms with Gasteiger partial charge < -0.3 is 4.98 Å². The Kier molecular flexibility index (Phi) is 4.84. The summed E-state index contributed by atoms with van der Waals surface area (Å²) in [5.74, 6) is 1.30. The van der Waals surface area contributed by atoms with Gasteiger partial charge in [0.2, 0.25) is 0 Å². The fourth-order valence-corrected chi connectivity index (χ4v) is 8.08. The van der Waals surface area contributed by atoms with Crippen LogP contribution >= 0.6 is 11.3 Å². The molecule has 1 N–H and O–H groups in total. The molecule has 0 aromatic carbocycles. The zero-order valence-corrected chi connectivity index (χ0v) is 21.8. The molecular formula is C27H33N5OS. The molecule has 2 fully saturated rings. The Morgan fingerprint density at radius 2 is 2.00 bits per heavy atom. The molecule has 1 spiro atoms. The highest BCUT2D eigenvalue weighted by atomic mass is 32.1. The number of pyridine rings is 1. The second kappa shape index (κ2) is 7.49. The van der Waals surface area contributed by atoms with Gasteiger partial charge in [-0.05, 0) is 68.7 Å². The quantitative estimate of drug-likeness (QED) is 0.399. The number of rotatable bonds is 5. The molecule has 1 aliphatic carbocycles. The number of aromatic amines is 1. The molecule has 6 nitrogen and oxygen atoms in total. The fourth-order valence-electron chi connectivity index (χ4n) is 6.58. The van der Waals surface area contributed by atoms with E-state index in [0.717, 1.165) is 18.7 Å². The lowest BCUT2D eigenvalue weighted by molar-refractivity contribution is -0.126. The van der Waals surface area contributed by atoms with Gasteiger partial charge in [-0.25, -0.2) is 9.50 Å². The molecule has 1 saturated heterocycles.